The first-order valence-electron chi connectivity index (χ1n) is 8.34. The number of pyridine rings is 1. The van der Waals surface area contributed by atoms with E-state index in [1.165, 1.54) is 0 Å². The summed E-state index contributed by atoms with van der Waals surface area (Å²) in [7, 11) is 0. The zero-order chi connectivity index (χ0) is 16.9. The van der Waals surface area contributed by atoms with Gasteiger partial charge in [-0.1, -0.05) is 0 Å². The second-order valence-electron chi connectivity index (χ2n) is 6.33. The van der Waals surface area contributed by atoms with Crippen molar-refractivity contribution in [2.45, 2.75) is 39.2 Å². The zero-order valence-corrected chi connectivity index (χ0v) is 14.2. The van der Waals surface area contributed by atoms with E-state index in [-0.39, 0.29) is 11.9 Å². The van der Waals surface area contributed by atoms with Gasteiger partial charge in [0.1, 0.15) is 5.82 Å². The van der Waals surface area contributed by atoms with Crippen LogP contribution in [-0.2, 0) is 11.2 Å². The van der Waals surface area contributed by atoms with Crippen molar-refractivity contribution in [1.82, 2.24) is 20.3 Å². The summed E-state index contributed by atoms with van der Waals surface area (Å²) >= 11 is 0. The fourth-order valence-electron chi connectivity index (χ4n) is 3.19. The lowest BCUT2D eigenvalue weighted by Gasteiger charge is -2.32. The molecule has 1 N–H and O–H groups in total. The van der Waals surface area contributed by atoms with Crippen LogP contribution in [-0.4, -0.2) is 40.0 Å². The van der Waals surface area contributed by atoms with Crippen LogP contribution in [0.4, 0.5) is 5.82 Å². The molecule has 1 saturated heterocycles. The summed E-state index contributed by atoms with van der Waals surface area (Å²) in [4.78, 5) is 27.3. The van der Waals surface area contributed by atoms with Gasteiger partial charge in [0, 0.05) is 42.9 Å². The number of nitrogens with one attached hydrogen (secondary N) is 1. The molecule has 3 heterocycles. The molecule has 1 aliphatic rings. The Labute approximate surface area is 142 Å². The summed E-state index contributed by atoms with van der Waals surface area (Å²) in [6.07, 6.45) is 7.44. The molecule has 1 fully saturated rings. The number of nitrogens with zero attached hydrogens (tertiary/aromatic N) is 4. The van der Waals surface area contributed by atoms with E-state index in [0.29, 0.717) is 6.42 Å². The zero-order valence-electron chi connectivity index (χ0n) is 14.2. The van der Waals surface area contributed by atoms with Crippen molar-refractivity contribution in [3.63, 3.8) is 0 Å². The number of carbonyl (C=O) groups excluding carboxylic acids is 1. The highest BCUT2D eigenvalue weighted by atomic mass is 16.1. The van der Waals surface area contributed by atoms with E-state index in [9.17, 15) is 4.79 Å². The van der Waals surface area contributed by atoms with Gasteiger partial charge in [0.15, 0.2) is 0 Å². The van der Waals surface area contributed by atoms with Crippen LogP contribution in [0.1, 0.15) is 29.8 Å². The summed E-state index contributed by atoms with van der Waals surface area (Å²) in [6, 6.07) is 4.18. The van der Waals surface area contributed by atoms with Crippen LogP contribution in [0, 0.1) is 13.8 Å². The van der Waals surface area contributed by atoms with Gasteiger partial charge in [-0.3, -0.25) is 14.8 Å². The number of carbonyl (C=O) groups is 1. The van der Waals surface area contributed by atoms with E-state index in [1.807, 2.05) is 26.0 Å². The van der Waals surface area contributed by atoms with E-state index in [1.54, 1.807) is 18.6 Å². The third-order valence-electron chi connectivity index (χ3n) is 4.24. The van der Waals surface area contributed by atoms with Crippen molar-refractivity contribution in [3.8, 4) is 0 Å². The summed E-state index contributed by atoms with van der Waals surface area (Å²) in [5, 5.41) is 3.16. The molecule has 6 nitrogen and oxygen atoms in total. The predicted octanol–water partition coefficient (Wildman–Crippen LogP) is 1.82. The average Bonchev–Trinajstić information content (AvgIpc) is 2.55. The predicted molar refractivity (Wildman–Crippen MR) is 92.8 cm³/mol. The van der Waals surface area contributed by atoms with E-state index in [2.05, 4.69) is 25.2 Å². The maximum absolute atomic E-state index is 12.3. The minimum absolute atomic E-state index is 0.0814. The minimum atomic E-state index is 0.0814. The number of piperidine rings is 1. The summed E-state index contributed by atoms with van der Waals surface area (Å²) < 4.78 is 0. The quantitative estimate of drug-likeness (QED) is 0.928. The van der Waals surface area contributed by atoms with Crippen LogP contribution in [0.3, 0.4) is 0 Å². The van der Waals surface area contributed by atoms with Crippen molar-refractivity contribution in [1.29, 1.82) is 0 Å². The van der Waals surface area contributed by atoms with Gasteiger partial charge in [0.2, 0.25) is 5.91 Å². The Morgan fingerprint density at radius 2 is 1.92 bits per heavy atom. The molecule has 2 aromatic heterocycles. The molecule has 0 radical (unpaired) electrons. The topological polar surface area (TPSA) is 71.0 Å². The molecule has 2 aromatic rings. The number of amides is 1. The Kier molecular flexibility index (Phi) is 5.03. The molecule has 126 valence electrons. The fraction of sp³-hybridized carbons (Fsp3) is 0.444. The van der Waals surface area contributed by atoms with Crippen LogP contribution >= 0.6 is 0 Å². The lowest BCUT2D eigenvalue weighted by atomic mass is 10.0. The van der Waals surface area contributed by atoms with Gasteiger partial charge >= 0.3 is 0 Å². The van der Waals surface area contributed by atoms with E-state index < -0.39 is 0 Å². The highest BCUT2D eigenvalue weighted by Crippen LogP contribution is 2.16. The van der Waals surface area contributed by atoms with Gasteiger partial charge in [-0.25, -0.2) is 4.98 Å². The van der Waals surface area contributed by atoms with Gasteiger partial charge in [-0.05, 0) is 44.4 Å². The Balaban J connectivity index is 1.50. The third kappa shape index (κ3) is 4.28. The first-order valence-corrected chi connectivity index (χ1v) is 8.34. The molecule has 0 spiro atoms. The van der Waals surface area contributed by atoms with Crippen LogP contribution < -0.4 is 10.2 Å². The van der Waals surface area contributed by atoms with Crippen LogP contribution in [0.25, 0.3) is 0 Å². The summed E-state index contributed by atoms with van der Waals surface area (Å²) in [5.41, 5.74) is 2.93. The molecule has 0 saturated carbocycles. The largest absolute Gasteiger partial charge is 0.355 e. The molecule has 1 amide bonds. The molecule has 0 aromatic carbocycles. The Morgan fingerprint density at radius 1 is 1.21 bits per heavy atom. The van der Waals surface area contributed by atoms with Gasteiger partial charge in [0.05, 0.1) is 12.6 Å². The van der Waals surface area contributed by atoms with Gasteiger partial charge < -0.3 is 10.2 Å². The van der Waals surface area contributed by atoms with Gasteiger partial charge in [-0.15, -0.1) is 0 Å². The summed E-state index contributed by atoms with van der Waals surface area (Å²) in [5.74, 6) is 0.989. The monoisotopic (exact) mass is 325 g/mol. The van der Waals surface area contributed by atoms with Crippen molar-refractivity contribution in [2.75, 3.05) is 18.0 Å². The normalized spacial score (nSPS) is 15.3. The van der Waals surface area contributed by atoms with Gasteiger partial charge in [0.25, 0.3) is 0 Å². The van der Waals surface area contributed by atoms with Crippen molar-refractivity contribution in [2.24, 2.45) is 0 Å². The molecule has 24 heavy (non-hydrogen) atoms. The minimum Gasteiger partial charge on any atom is -0.355 e. The van der Waals surface area contributed by atoms with Crippen molar-refractivity contribution >= 4 is 11.7 Å². The maximum atomic E-state index is 12.3. The highest BCUT2D eigenvalue weighted by molar-refractivity contribution is 5.78. The number of anilines is 1. The Bertz CT molecular complexity index is 676. The maximum Gasteiger partial charge on any atom is 0.224 e. The van der Waals surface area contributed by atoms with Crippen LogP contribution in [0.2, 0.25) is 0 Å². The van der Waals surface area contributed by atoms with E-state index in [0.717, 1.165) is 48.7 Å². The molecule has 0 aliphatic carbocycles. The molecule has 0 bridgehead atoms. The Hall–Kier alpha value is -2.50. The molecule has 6 heteroatoms. The number of rotatable bonds is 4. The lowest BCUT2D eigenvalue weighted by Crippen LogP contribution is -2.45. The molecular formula is C18H23N5O. The third-order valence-corrected chi connectivity index (χ3v) is 4.24. The molecular weight excluding hydrogens is 302 g/mol. The Morgan fingerprint density at radius 3 is 2.54 bits per heavy atom. The lowest BCUT2D eigenvalue weighted by molar-refractivity contribution is -0.121. The first-order chi connectivity index (χ1) is 11.6. The first kappa shape index (κ1) is 16.4. The fourth-order valence-corrected chi connectivity index (χ4v) is 3.19. The molecule has 1 aliphatic heterocycles. The van der Waals surface area contributed by atoms with Crippen LogP contribution in [0.5, 0.6) is 0 Å². The SMILES string of the molecule is Cc1cc(CC(=O)NC2CCN(c3cnccn3)CC2)cc(C)n1. The number of hydrogen-bond donors (Lipinski definition) is 1. The number of aryl methyl sites for hydroxylation is 2. The molecule has 0 atom stereocenters. The average molecular weight is 325 g/mol. The summed E-state index contributed by atoms with van der Waals surface area (Å²) in [6.45, 7) is 5.68. The standard InChI is InChI=1S/C18H23N5O/c1-13-9-15(10-14(2)21-13)11-18(24)22-16-3-7-23(8-4-16)17-12-19-5-6-20-17/h5-6,9-10,12,16H,3-4,7-8,11H2,1-2H3,(H,22,24). The number of hydrogen-bond acceptors (Lipinski definition) is 5. The second kappa shape index (κ2) is 7.38. The van der Waals surface area contributed by atoms with Crippen molar-refractivity contribution < 1.29 is 4.79 Å². The van der Waals surface area contributed by atoms with E-state index in [4.69, 9.17) is 0 Å². The van der Waals surface area contributed by atoms with E-state index >= 15 is 0 Å². The highest BCUT2D eigenvalue weighted by Gasteiger charge is 2.21. The van der Waals surface area contributed by atoms with Crippen LogP contribution in [0.15, 0.2) is 30.7 Å². The van der Waals surface area contributed by atoms with Gasteiger partial charge in [-0.2, -0.15) is 0 Å². The molecule has 0 unspecified atom stereocenters. The number of aromatic nitrogens is 3. The molecule has 3 rings (SSSR count). The second-order valence-corrected chi connectivity index (χ2v) is 6.33. The van der Waals surface area contributed by atoms with Crippen molar-refractivity contribution in [3.05, 3.63) is 47.7 Å². The smallest absolute Gasteiger partial charge is 0.224 e.